The number of hydrogen-bond acceptors (Lipinski definition) is 6. The van der Waals surface area contributed by atoms with Gasteiger partial charge in [-0.2, -0.15) is 5.10 Å². The molecule has 1 aliphatic heterocycles. The van der Waals surface area contributed by atoms with E-state index in [1.807, 2.05) is 42.0 Å². The molecule has 0 unspecified atom stereocenters. The van der Waals surface area contributed by atoms with Crippen LogP contribution in [-0.4, -0.2) is 43.7 Å². The molecule has 1 atom stereocenters. The predicted octanol–water partition coefficient (Wildman–Crippen LogP) is 3.03. The Hall–Kier alpha value is -3.00. The number of nitrogens with one attached hydrogen (secondary N) is 1. The number of halogens is 1. The third-order valence-corrected chi connectivity index (χ3v) is 6.13. The smallest absolute Gasteiger partial charge is 0.247 e. The maximum absolute atomic E-state index is 12.5. The number of nitrogens with zero attached hydrogens (tertiary/aromatic N) is 6. The van der Waals surface area contributed by atoms with E-state index in [2.05, 4.69) is 20.4 Å². The van der Waals surface area contributed by atoms with E-state index in [4.69, 9.17) is 16.6 Å². The lowest BCUT2D eigenvalue weighted by atomic mass is 10.1. The number of aromatic nitrogens is 5. The Bertz CT molecular complexity index is 1120. The number of anilines is 2. The standard InChI is InChI=1S/C22H24ClN7O/c1-13-19-21(29(2)20(16-5-6-16)22(31)28-19)27-18(26-13)8-4-15-10-25-30(12-15)11-14-3-7-17(23)24-9-14/h3,7,9-10,12,16,20H,4-6,8,11H2,1-2H3,(H,28,31)/t20-/m0/s1. The summed E-state index contributed by atoms with van der Waals surface area (Å²) in [6.45, 7) is 2.57. The molecule has 9 heteroatoms. The van der Waals surface area contributed by atoms with Crippen molar-refractivity contribution in [1.82, 2.24) is 24.7 Å². The molecule has 2 aliphatic rings. The predicted molar refractivity (Wildman–Crippen MR) is 118 cm³/mol. The summed E-state index contributed by atoms with van der Waals surface area (Å²) in [4.78, 5) is 28.1. The number of fused-ring (bicyclic) bond motifs is 1. The Labute approximate surface area is 185 Å². The second-order valence-electron chi connectivity index (χ2n) is 8.34. The molecule has 0 radical (unpaired) electrons. The van der Waals surface area contributed by atoms with Crippen LogP contribution in [0.5, 0.6) is 0 Å². The van der Waals surface area contributed by atoms with Gasteiger partial charge in [0.05, 0.1) is 18.4 Å². The van der Waals surface area contributed by atoms with Gasteiger partial charge >= 0.3 is 0 Å². The fourth-order valence-corrected chi connectivity index (χ4v) is 4.25. The van der Waals surface area contributed by atoms with Gasteiger partial charge in [0, 0.05) is 25.9 Å². The van der Waals surface area contributed by atoms with E-state index >= 15 is 0 Å². The first-order valence-corrected chi connectivity index (χ1v) is 10.9. The van der Waals surface area contributed by atoms with Crippen LogP contribution in [0, 0.1) is 12.8 Å². The van der Waals surface area contributed by atoms with E-state index in [-0.39, 0.29) is 11.9 Å². The molecular weight excluding hydrogens is 414 g/mol. The summed E-state index contributed by atoms with van der Waals surface area (Å²) in [5.41, 5.74) is 3.71. The molecule has 1 N–H and O–H groups in total. The molecule has 8 nitrogen and oxygen atoms in total. The Morgan fingerprint density at radius 2 is 2.00 bits per heavy atom. The Morgan fingerprint density at radius 1 is 1.16 bits per heavy atom. The van der Waals surface area contributed by atoms with Crippen LogP contribution in [0.4, 0.5) is 11.5 Å². The number of aryl methyl sites for hydroxylation is 3. The lowest BCUT2D eigenvalue weighted by Crippen LogP contribution is -2.48. The van der Waals surface area contributed by atoms with Crippen LogP contribution in [0.3, 0.4) is 0 Å². The molecule has 160 valence electrons. The SMILES string of the molecule is Cc1nc(CCc2cnn(Cc3ccc(Cl)nc3)c2)nc2c1NC(=O)[C@H](C1CC1)N2C. The Balaban J connectivity index is 1.28. The number of rotatable bonds is 6. The molecule has 3 aromatic heterocycles. The molecule has 0 spiro atoms. The van der Waals surface area contributed by atoms with Gasteiger partial charge in [-0.3, -0.25) is 9.48 Å². The molecule has 1 aliphatic carbocycles. The van der Waals surface area contributed by atoms with E-state index in [9.17, 15) is 4.79 Å². The van der Waals surface area contributed by atoms with Crippen molar-refractivity contribution >= 4 is 29.0 Å². The van der Waals surface area contributed by atoms with Crippen LogP contribution in [-0.2, 0) is 24.2 Å². The van der Waals surface area contributed by atoms with E-state index in [0.717, 1.165) is 53.4 Å². The van der Waals surface area contributed by atoms with Gasteiger partial charge in [0.2, 0.25) is 5.91 Å². The van der Waals surface area contributed by atoms with E-state index in [0.29, 0.717) is 24.0 Å². The summed E-state index contributed by atoms with van der Waals surface area (Å²) in [5, 5.41) is 7.96. The summed E-state index contributed by atoms with van der Waals surface area (Å²) in [6.07, 6.45) is 9.38. The van der Waals surface area contributed by atoms with Crippen molar-refractivity contribution in [2.24, 2.45) is 5.92 Å². The molecule has 4 heterocycles. The highest BCUT2D eigenvalue weighted by molar-refractivity contribution is 6.29. The van der Waals surface area contributed by atoms with Crippen LogP contribution in [0.15, 0.2) is 30.7 Å². The minimum absolute atomic E-state index is 0.0558. The molecule has 1 amide bonds. The van der Waals surface area contributed by atoms with E-state index in [1.54, 1.807) is 12.3 Å². The van der Waals surface area contributed by atoms with Crippen LogP contribution in [0.2, 0.25) is 5.15 Å². The summed E-state index contributed by atoms with van der Waals surface area (Å²) >= 11 is 5.85. The minimum atomic E-state index is -0.129. The number of carbonyl (C=O) groups is 1. The van der Waals surface area contributed by atoms with Crippen molar-refractivity contribution < 1.29 is 4.79 Å². The largest absolute Gasteiger partial charge is 0.346 e. The van der Waals surface area contributed by atoms with Gasteiger partial charge in [0.15, 0.2) is 5.82 Å². The second kappa shape index (κ2) is 7.92. The zero-order valence-electron chi connectivity index (χ0n) is 17.5. The van der Waals surface area contributed by atoms with Crippen molar-refractivity contribution in [2.75, 3.05) is 17.3 Å². The van der Waals surface area contributed by atoms with Crippen molar-refractivity contribution in [2.45, 2.75) is 45.2 Å². The van der Waals surface area contributed by atoms with Gasteiger partial charge in [-0.1, -0.05) is 17.7 Å². The average Bonchev–Trinajstić information content (AvgIpc) is 3.47. The number of amides is 1. The second-order valence-corrected chi connectivity index (χ2v) is 8.73. The maximum atomic E-state index is 12.5. The molecule has 0 saturated heterocycles. The summed E-state index contributed by atoms with van der Waals surface area (Å²) < 4.78 is 1.89. The quantitative estimate of drug-likeness (QED) is 0.596. The molecule has 31 heavy (non-hydrogen) atoms. The van der Waals surface area contributed by atoms with Gasteiger partial charge in [-0.25, -0.2) is 15.0 Å². The van der Waals surface area contributed by atoms with Crippen LogP contribution >= 0.6 is 11.6 Å². The van der Waals surface area contributed by atoms with Gasteiger partial charge in [0.1, 0.15) is 22.7 Å². The molecule has 0 aromatic carbocycles. The summed E-state index contributed by atoms with van der Waals surface area (Å²) in [6, 6.07) is 3.60. The molecule has 0 bridgehead atoms. The van der Waals surface area contributed by atoms with Crippen LogP contribution < -0.4 is 10.2 Å². The van der Waals surface area contributed by atoms with Crippen LogP contribution in [0.1, 0.15) is 35.5 Å². The number of likely N-dealkylation sites (N-methyl/N-ethyl adjacent to an activating group) is 1. The first-order chi connectivity index (χ1) is 15.0. The lowest BCUT2D eigenvalue weighted by Gasteiger charge is -2.35. The summed E-state index contributed by atoms with van der Waals surface area (Å²) in [7, 11) is 1.96. The zero-order valence-corrected chi connectivity index (χ0v) is 18.3. The highest BCUT2D eigenvalue weighted by Crippen LogP contribution is 2.41. The third-order valence-electron chi connectivity index (χ3n) is 5.91. The minimum Gasteiger partial charge on any atom is -0.346 e. The third kappa shape index (κ3) is 4.12. The maximum Gasteiger partial charge on any atom is 0.247 e. The van der Waals surface area contributed by atoms with Crippen molar-refractivity contribution in [1.29, 1.82) is 0 Å². The number of hydrogen-bond donors (Lipinski definition) is 1. The lowest BCUT2D eigenvalue weighted by molar-refractivity contribution is -0.118. The number of pyridine rings is 1. The van der Waals surface area contributed by atoms with Gasteiger partial charge in [-0.15, -0.1) is 0 Å². The van der Waals surface area contributed by atoms with E-state index < -0.39 is 0 Å². The number of carbonyl (C=O) groups excluding carboxylic acids is 1. The molecular formula is C22H24ClN7O. The molecule has 5 rings (SSSR count). The van der Waals surface area contributed by atoms with Gasteiger partial charge < -0.3 is 10.2 Å². The monoisotopic (exact) mass is 437 g/mol. The fourth-order valence-electron chi connectivity index (χ4n) is 4.14. The van der Waals surface area contributed by atoms with Gasteiger partial charge in [-0.05, 0) is 49.3 Å². The van der Waals surface area contributed by atoms with E-state index in [1.165, 1.54) is 0 Å². The van der Waals surface area contributed by atoms with Crippen molar-refractivity contribution in [3.63, 3.8) is 0 Å². The van der Waals surface area contributed by atoms with Crippen molar-refractivity contribution in [3.05, 3.63) is 58.5 Å². The highest BCUT2D eigenvalue weighted by Gasteiger charge is 2.43. The first-order valence-electron chi connectivity index (χ1n) is 10.5. The highest BCUT2D eigenvalue weighted by atomic mass is 35.5. The zero-order chi connectivity index (χ0) is 21.5. The summed E-state index contributed by atoms with van der Waals surface area (Å²) in [5.74, 6) is 2.09. The molecule has 1 saturated carbocycles. The Kier molecular flexibility index (Phi) is 5.09. The molecule has 3 aromatic rings. The normalized spacial score (nSPS) is 18.1. The van der Waals surface area contributed by atoms with Gasteiger partial charge in [0.25, 0.3) is 0 Å². The topological polar surface area (TPSA) is 88.8 Å². The fraction of sp³-hybridized carbons (Fsp3) is 0.409. The molecule has 1 fully saturated rings. The first kappa shape index (κ1) is 19.9. The average molecular weight is 438 g/mol. The Morgan fingerprint density at radius 3 is 2.74 bits per heavy atom. The van der Waals surface area contributed by atoms with Crippen LogP contribution in [0.25, 0.3) is 0 Å². The van der Waals surface area contributed by atoms with Crippen molar-refractivity contribution in [3.8, 4) is 0 Å².